The van der Waals surface area contributed by atoms with Crippen LogP contribution in [0.1, 0.15) is 129 Å². The van der Waals surface area contributed by atoms with E-state index in [9.17, 15) is 54.3 Å². The molecular formula is C35H63N7O11. The van der Waals surface area contributed by atoms with Gasteiger partial charge in [0.15, 0.2) is 0 Å². The monoisotopic (exact) mass is 757 g/mol. The van der Waals surface area contributed by atoms with E-state index in [0.29, 0.717) is 16.5 Å². The van der Waals surface area contributed by atoms with Crippen molar-refractivity contribution in [3.63, 3.8) is 0 Å². The average molecular weight is 758 g/mol. The maximum Gasteiger partial charge on any atom is 0.270 e. The molecule has 1 aliphatic heterocycles. The summed E-state index contributed by atoms with van der Waals surface area (Å²) in [5, 5.41) is 50.1. The minimum absolute atomic E-state index is 0.00471. The highest BCUT2D eigenvalue weighted by Gasteiger charge is 2.34. The predicted molar refractivity (Wildman–Crippen MR) is 191 cm³/mol. The molecule has 0 bridgehead atoms. The maximum atomic E-state index is 13.2. The van der Waals surface area contributed by atoms with Crippen LogP contribution in [-0.2, 0) is 33.6 Å². The van der Waals surface area contributed by atoms with Crippen molar-refractivity contribution < 1.29 is 54.3 Å². The molecule has 1 fully saturated rings. The minimum Gasteiger partial charge on any atom is -0.394 e. The number of hydrogen-bond acceptors (Lipinski definition) is 11. The van der Waals surface area contributed by atoms with Crippen molar-refractivity contribution in [2.24, 2.45) is 0 Å². The van der Waals surface area contributed by atoms with Crippen molar-refractivity contribution in [3.8, 4) is 0 Å². The number of rotatable bonds is 32. The first kappa shape index (κ1) is 47.2. The second-order valence-electron chi connectivity index (χ2n) is 13.6. The molecule has 0 unspecified atom stereocenters. The third-order valence-corrected chi connectivity index (χ3v) is 9.09. The molecule has 1 aliphatic rings. The zero-order valence-corrected chi connectivity index (χ0v) is 31.2. The smallest absolute Gasteiger partial charge is 0.270 e. The van der Waals surface area contributed by atoms with Gasteiger partial charge in [0, 0.05) is 26.1 Å². The van der Waals surface area contributed by atoms with Gasteiger partial charge in [-0.2, -0.15) is 0 Å². The van der Waals surface area contributed by atoms with Crippen LogP contribution in [0.25, 0.3) is 0 Å². The summed E-state index contributed by atoms with van der Waals surface area (Å²) in [6.45, 7) is 0.903. The number of nitrogens with one attached hydrogen (secondary N) is 4. The van der Waals surface area contributed by atoms with Gasteiger partial charge in [-0.25, -0.2) is 15.2 Å². The van der Waals surface area contributed by atoms with E-state index in [1.165, 1.54) is 44.9 Å². The number of aliphatic hydroxyl groups excluding tert-OH is 1. The van der Waals surface area contributed by atoms with Crippen molar-refractivity contribution in [1.82, 2.24) is 36.5 Å². The second-order valence-corrected chi connectivity index (χ2v) is 13.6. The highest BCUT2D eigenvalue weighted by Crippen LogP contribution is 2.13. The van der Waals surface area contributed by atoms with Gasteiger partial charge in [-0.05, 0) is 44.9 Å². The summed E-state index contributed by atoms with van der Waals surface area (Å²) in [6.07, 6.45) is 14.9. The molecule has 8 N–H and O–H groups in total. The van der Waals surface area contributed by atoms with Crippen molar-refractivity contribution in [3.05, 3.63) is 0 Å². The van der Waals surface area contributed by atoms with E-state index >= 15 is 0 Å². The van der Waals surface area contributed by atoms with Gasteiger partial charge in [0.2, 0.25) is 36.4 Å². The number of carbonyl (C=O) groups is 7. The molecule has 1 rings (SSSR count). The van der Waals surface area contributed by atoms with Gasteiger partial charge >= 0.3 is 0 Å². The van der Waals surface area contributed by atoms with Crippen LogP contribution in [0.3, 0.4) is 0 Å². The Morgan fingerprint density at radius 3 is 1.64 bits per heavy atom. The SMILES string of the molecule is CCCCCCCCCCCCCCC(=O)N[C@@H](CCCN(O)C=O)C(=O)N[C@@H](CO)C(=O)N(O)CCC[C@@H]1NC(=O)[C@H](CCCN(O)C=O)NC1=O. The first-order chi connectivity index (χ1) is 25.5. The molecule has 0 aromatic heterocycles. The fourth-order valence-corrected chi connectivity index (χ4v) is 5.96. The number of amides is 7. The number of aliphatic hydroxyl groups is 1. The number of hydroxylamine groups is 6. The third-order valence-electron chi connectivity index (χ3n) is 9.09. The Bertz CT molecular complexity index is 1120. The Morgan fingerprint density at radius 1 is 0.679 bits per heavy atom. The number of nitrogens with zero attached hydrogens (tertiary/aromatic N) is 3. The Morgan fingerprint density at radius 2 is 1.15 bits per heavy atom. The van der Waals surface area contributed by atoms with Crippen LogP contribution in [0.2, 0.25) is 0 Å². The summed E-state index contributed by atoms with van der Waals surface area (Å²) in [6, 6.07) is -4.51. The first-order valence-corrected chi connectivity index (χ1v) is 19.1. The zero-order chi connectivity index (χ0) is 39.4. The lowest BCUT2D eigenvalue weighted by atomic mass is 10.0. The summed E-state index contributed by atoms with van der Waals surface area (Å²) in [5.41, 5.74) is 0. The number of unbranched alkanes of at least 4 members (excludes halogenated alkanes) is 11. The fraction of sp³-hybridized carbons (Fsp3) is 0.800. The summed E-state index contributed by atoms with van der Waals surface area (Å²) in [4.78, 5) is 84.9. The molecule has 7 amide bonds. The molecule has 1 heterocycles. The lowest BCUT2D eigenvalue weighted by Gasteiger charge is -2.30. The topological polar surface area (TPSA) is 258 Å². The van der Waals surface area contributed by atoms with E-state index in [0.717, 1.165) is 25.7 Å². The van der Waals surface area contributed by atoms with Crippen LogP contribution < -0.4 is 21.3 Å². The summed E-state index contributed by atoms with van der Waals surface area (Å²) >= 11 is 0. The van der Waals surface area contributed by atoms with E-state index in [1.807, 2.05) is 0 Å². The lowest BCUT2D eigenvalue weighted by Crippen LogP contribution is -2.61. The van der Waals surface area contributed by atoms with Gasteiger partial charge in [0.25, 0.3) is 5.91 Å². The molecule has 0 saturated carbocycles. The molecular weight excluding hydrogens is 694 g/mol. The quantitative estimate of drug-likeness (QED) is 0.0210. The Balaban J connectivity index is 2.55. The summed E-state index contributed by atoms with van der Waals surface area (Å²) in [7, 11) is 0. The van der Waals surface area contributed by atoms with E-state index in [4.69, 9.17) is 0 Å². The normalized spacial score (nSPS) is 16.5. The van der Waals surface area contributed by atoms with Gasteiger partial charge < -0.3 is 26.4 Å². The Hall–Kier alpha value is -3.87. The van der Waals surface area contributed by atoms with E-state index < -0.39 is 54.4 Å². The van der Waals surface area contributed by atoms with Gasteiger partial charge in [0.05, 0.1) is 6.61 Å². The molecule has 0 radical (unpaired) electrons. The molecule has 4 atom stereocenters. The van der Waals surface area contributed by atoms with Crippen LogP contribution in [0.15, 0.2) is 0 Å². The zero-order valence-electron chi connectivity index (χ0n) is 31.2. The summed E-state index contributed by atoms with van der Waals surface area (Å²) < 4.78 is 0. The van der Waals surface area contributed by atoms with Crippen LogP contribution in [-0.4, -0.2) is 129 Å². The highest BCUT2D eigenvalue weighted by atomic mass is 16.5. The average Bonchev–Trinajstić information content (AvgIpc) is 3.14. The molecule has 0 aliphatic carbocycles. The Labute approximate surface area is 312 Å². The van der Waals surface area contributed by atoms with Crippen molar-refractivity contribution in [2.75, 3.05) is 26.2 Å². The summed E-state index contributed by atoms with van der Waals surface area (Å²) in [5.74, 6) is -3.18. The molecule has 0 spiro atoms. The van der Waals surface area contributed by atoms with Crippen molar-refractivity contribution in [1.29, 1.82) is 0 Å². The van der Waals surface area contributed by atoms with Crippen molar-refractivity contribution in [2.45, 2.75) is 153 Å². The standard InChI is InChI=1S/C35H63N7O11/c1-2-3-4-5-6-7-8-9-10-11-12-13-20-31(46)36-27(17-14-21-40(51)25-44)32(47)39-30(24-43)35(50)42(53)23-16-19-29-34(49)37-28(33(48)38-29)18-15-22-41(52)26-45/h25-30,43,51-53H,2-24H2,1H3,(H,36,46)(H,37,49)(H,38,48)(H,39,47)/t27-,28-,29-,30-/m0/s1. The number of hydrogen-bond donors (Lipinski definition) is 8. The molecule has 1 saturated heterocycles. The van der Waals surface area contributed by atoms with Crippen LogP contribution >= 0.6 is 0 Å². The second kappa shape index (κ2) is 28.6. The van der Waals surface area contributed by atoms with Crippen LogP contribution in [0.4, 0.5) is 0 Å². The lowest BCUT2D eigenvalue weighted by molar-refractivity contribution is -0.170. The highest BCUT2D eigenvalue weighted by molar-refractivity contribution is 5.97. The molecule has 18 nitrogen and oxygen atoms in total. The van der Waals surface area contributed by atoms with Gasteiger partial charge in [0.1, 0.15) is 24.2 Å². The minimum atomic E-state index is -1.57. The molecule has 53 heavy (non-hydrogen) atoms. The molecule has 304 valence electrons. The first-order valence-electron chi connectivity index (χ1n) is 19.1. The molecule has 0 aromatic carbocycles. The molecule has 18 heteroatoms. The Kier molecular flexibility index (Phi) is 25.5. The predicted octanol–water partition coefficient (Wildman–Crippen LogP) is 1.28. The largest absolute Gasteiger partial charge is 0.394 e. The number of carbonyl (C=O) groups excluding carboxylic acids is 7. The third kappa shape index (κ3) is 20.8. The number of piperazine rings is 1. The van der Waals surface area contributed by atoms with E-state index in [2.05, 4.69) is 28.2 Å². The molecule has 0 aromatic rings. The fourth-order valence-electron chi connectivity index (χ4n) is 5.96. The van der Waals surface area contributed by atoms with Crippen LogP contribution in [0.5, 0.6) is 0 Å². The van der Waals surface area contributed by atoms with Crippen molar-refractivity contribution >= 4 is 42.4 Å². The maximum absolute atomic E-state index is 13.2. The van der Waals surface area contributed by atoms with Gasteiger partial charge in [-0.15, -0.1) is 0 Å². The van der Waals surface area contributed by atoms with Gasteiger partial charge in [-0.1, -0.05) is 77.6 Å². The van der Waals surface area contributed by atoms with Crippen LogP contribution in [0, 0.1) is 0 Å². The van der Waals surface area contributed by atoms with E-state index in [1.54, 1.807) is 0 Å². The van der Waals surface area contributed by atoms with E-state index in [-0.39, 0.29) is 88.4 Å². The van der Waals surface area contributed by atoms with Gasteiger partial charge in [-0.3, -0.25) is 49.2 Å².